The van der Waals surface area contributed by atoms with Gasteiger partial charge in [-0.05, 0) is 11.6 Å². The molecule has 0 unspecified atom stereocenters. The average molecular weight is 363 g/mol. The van der Waals surface area contributed by atoms with Gasteiger partial charge in [-0.3, -0.25) is 9.59 Å². The van der Waals surface area contributed by atoms with Crippen molar-refractivity contribution >= 4 is 17.8 Å². The van der Waals surface area contributed by atoms with Gasteiger partial charge in [0.15, 0.2) is 0 Å². The molecular weight excluding hydrogens is 341 g/mol. The van der Waals surface area contributed by atoms with E-state index in [1.807, 2.05) is 6.07 Å². The number of nitrogens with zero attached hydrogens (tertiary/aromatic N) is 1. The SMILES string of the molecule is COC(=O)[C@@H](NC(=O)[C@H](Cc1ccccc1F)NC(C)=O)[C@H](C)CC#N. The van der Waals surface area contributed by atoms with Crippen molar-refractivity contribution < 1.29 is 23.5 Å². The van der Waals surface area contributed by atoms with E-state index in [1.165, 1.54) is 32.2 Å². The lowest BCUT2D eigenvalue weighted by Gasteiger charge is -2.24. The van der Waals surface area contributed by atoms with Gasteiger partial charge in [0.25, 0.3) is 0 Å². The summed E-state index contributed by atoms with van der Waals surface area (Å²) in [7, 11) is 1.17. The first kappa shape index (κ1) is 21.1. The molecule has 0 aliphatic rings. The Balaban J connectivity index is 2.99. The Morgan fingerprint density at radius 3 is 2.46 bits per heavy atom. The van der Waals surface area contributed by atoms with E-state index in [9.17, 15) is 18.8 Å². The summed E-state index contributed by atoms with van der Waals surface area (Å²) < 4.78 is 18.5. The Morgan fingerprint density at radius 2 is 1.92 bits per heavy atom. The number of amides is 2. The molecule has 2 amide bonds. The lowest BCUT2D eigenvalue weighted by Crippen LogP contribution is -2.54. The lowest BCUT2D eigenvalue weighted by molar-refractivity contribution is -0.146. The molecule has 26 heavy (non-hydrogen) atoms. The van der Waals surface area contributed by atoms with Gasteiger partial charge in [0.2, 0.25) is 11.8 Å². The molecule has 0 aliphatic carbocycles. The van der Waals surface area contributed by atoms with E-state index in [2.05, 4.69) is 15.4 Å². The number of hydrogen-bond donors (Lipinski definition) is 2. The number of methoxy groups -OCH3 is 1. The molecule has 0 saturated carbocycles. The van der Waals surface area contributed by atoms with Crippen LogP contribution >= 0.6 is 0 Å². The van der Waals surface area contributed by atoms with Crippen molar-refractivity contribution in [1.82, 2.24) is 10.6 Å². The van der Waals surface area contributed by atoms with Crippen molar-refractivity contribution in [3.8, 4) is 6.07 Å². The molecule has 140 valence electrons. The van der Waals surface area contributed by atoms with Crippen molar-refractivity contribution in [3.05, 3.63) is 35.6 Å². The minimum absolute atomic E-state index is 0.0260. The topological polar surface area (TPSA) is 108 Å². The highest BCUT2D eigenvalue weighted by Crippen LogP contribution is 2.12. The second-order valence-corrected chi connectivity index (χ2v) is 5.90. The highest BCUT2D eigenvalue weighted by Gasteiger charge is 2.31. The van der Waals surface area contributed by atoms with E-state index >= 15 is 0 Å². The molecule has 1 rings (SSSR count). The molecule has 0 aliphatic heterocycles. The van der Waals surface area contributed by atoms with Gasteiger partial charge in [0.05, 0.1) is 13.2 Å². The van der Waals surface area contributed by atoms with E-state index in [-0.39, 0.29) is 18.4 Å². The summed E-state index contributed by atoms with van der Waals surface area (Å²) in [5.74, 6) is -2.83. The summed E-state index contributed by atoms with van der Waals surface area (Å²) in [5.41, 5.74) is 0.251. The van der Waals surface area contributed by atoms with Crippen LogP contribution < -0.4 is 10.6 Å². The third kappa shape index (κ3) is 6.16. The molecule has 7 nitrogen and oxygen atoms in total. The van der Waals surface area contributed by atoms with E-state index in [1.54, 1.807) is 13.0 Å². The van der Waals surface area contributed by atoms with Gasteiger partial charge >= 0.3 is 5.97 Å². The number of carbonyl (C=O) groups excluding carboxylic acids is 3. The second kappa shape index (κ2) is 10.1. The Morgan fingerprint density at radius 1 is 1.27 bits per heavy atom. The smallest absolute Gasteiger partial charge is 0.328 e. The molecule has 1 aromatic carbocycles. The summed E-state index contributed by atoms with van der Waals surface area (Å²) in [4.78, 5) is 35.9. The van der Waals surface area contributed by atoms with Gasteiger partial charge in [0.1, 0.15) is 17.9 Å². The van der Waals surface area contributed by atoms with Crippen molar-refractivity contribution in [2.75, 3.05) is 7.11 Å². The number of nitrogens with one attached hydrogen (secondary N) is 2. The Kier molecular flexibility index (Phi) is 8.22. The molecule has 0 fully saturated rings. The zero-order chi connectivity index (χ0) is 19.7. The van der Waals surface area contributed by atoms with E-state index in [0.717, 1.165) is 0 Å². The Hall–Kier alpha value is -2.95. The number of nitriles is 1. The number of benzene rings is 1. The Labute approximate surface area is 151 Å². The third-order valence-corrected chi connectivity index (χ3v) is 3.81. The number of hydrogen-bond acceptors (Lipinski definition) is 5. The van der Waals surface area contributed by atoms with Crippen LogP contribution in [0.25, 0.3) is 0 Å². The fourth-order valence-corrected chi connectivity index (χ4v) is 2.41. The molecule has 3 atom stereocenters. The zero-order valence-electron chi connectivity index (χ0n) is 14.9. The van der Waals surface area contributed by atoms with Gasteiger partial charge in [-0.15, -0.1) is 0 Å². The van der Waals surface area contributed by atoms with Crippen LogP contribution in [0.1, 0.15) is 25.8 Å². The highest BCUT2D eigenvalue weighted by atomic mass is 19.1. The molecule has 0 bridgehead atoms. The summed E-state index contributed by atoms with van der Waals surface area (Å²) in [6.07, 6.45) is -0.0588. The van der Waals surface area contributed by atoms with Crippen LogP contribution in [-0.2, 0) is 25.5 Å². The first-order valence-electron chi connectivity index (χ1n) is 8.05. The fourth-order valence-electron chi connectivity index (χ4n) is 2.41. The number of halogens is 1. The molecule has 0 heterocycles. The number of esters is 1. The molecule has 8 heteroatoms. The first-order valence-corrected chi connectivity index (χ1v) is 8.05. The van der Waals surface area contributed by atoms with E-state index < -0.39 is 41.6 Å². The quantitative estimate of drug-likeness (QED) is 0.672. The summed E-state index contributed by atoms with van der Waals surface area (Å²) in [5, 5.41) is 13.8. The summed E-state index contributed by atoms with van der Waals surface area (Å²) >= 11 is 0. The van der Waals surface area contributed by atoms with E-state index in [4.69, 9.17) is 5.26 Å². The van der Waals surface area contributed by atoms with Gasteiger partial charge < -0.3 is 15.4 Å². The molecular formula is C18H22FN3O4. The van der Waals surface area contributed by atoms with E-state index in [0.29, 0.717) is 0 Å². The van der Waals surface area contributed by atoms with Gasteiger partial charge in [-0.25, -0.2) is 9.18 Å². The maximum Gasteiger partial charge on any atom is 0.328 e. The second-order valence-electron chi connectivity index (χ2n) is 5.90. The number of rotatable bonds is 8. The van der Waals surface area contributed by atoms with Crippen LogP contribution in [0.15, 0.2) is 24.3 Å². The standard InChI is InChI=1S/C18H22FN3O4/c1-11(8-9-20)16(18(25)26-3)22-17(24)15(21-12(2)23)10-13-6-4-5-7-14(13)19/h4-7,11,15-16H,8,10H2,1-3H3,(H,21,23)(H,22,24)/t11-,15+,16+/m1/s1. The van der Waals surface area contributed by atoms with Crippen LogP contribution in [-0.4, -0.2) is 37.0 Å². The van der Waals surface area contributed by atoms with Gasteiger partial charge in [0, 0.05) is 25.7 Å². The normalized spacial score (nSPS) is 13.7. The van der Waals surface area contributed by atoms with Crippen LogP contribution in [0, 0.1) is 23.1 Å². The molecule has 0 saturated heterocycles. The maximum absolute atomic E-state index is 13.9. The molecule has 0 spiro atoms. The van der Waals surface area contributed by atoms with Crippen LogP contribution in [0.3, 0.4) is 0 Å². The molecule has 0 radical (unpaired) electrons. The Bertz CT molecular complexity index is 702. The minimum Gasteiger partial charge on any atom is -0.467 e. The maximum atomic E-state index is 13.9. The van der Waals surface area contributed by atoms with Crippen molar-refractivity contribution in [3.63, 3.8) is 0 Å². The zero-order valence-corrected chi connectivity index (χ0v) is 14.9. The van der Waals surface area contributed by atoms with Crippen LogP contribution in [0.5, 0.6) is 0 Å². The van der Waals surface area contributed by atoms with Crippen molar-refractivity contribution in [2.24, 2.45) is 5.92 Å². The van der Waals surface area contributed by atoms with Crippen LogP contribution in [0.4, 0.5) is 4.39 Å². The average Bonchev–Trinajstić information content (AvgIpc) is 2.59. The largest absolute Gasteiger partial charge is 0.467 e. The first-order chi connectivity index (χ1) is 12.3. The number of carbonyl (C=O) groups is 3. The predicted molar refractivity (Wildman–Crippen MR) is 91.0 cm³/mol. The molecule has 2 N–H and O–H groups in total. The predicted octanol–water partition coefficient (Wildman–Crippen LogP) is 1.08. The highest BCUT2D eigenvalue weighted by molar-refractivity contribution is 5.90. The van der Waals surface area contributed by atoms with Gasteiger partial charge in [-0.1, -0.05) is 25.1 Å². The van der Waals surface area contributed by atoms with Gasteiger partial charge in [-0.2, -0.15) is 5.26 Å². The van der Waals surface area contributed by atoms with Crippen molar-refractivity contribution in [2.45, 2.75) is 38.8 Å². The lowest BCUT2D eigenvalue weighted by atomic mass is 9.97. The summed E-state index contributed by atoms with van der Waals surface area (Å²) in [6, 6.07) is 5.70. The molecule has 0 aromatic heterocycles. The minimum atomic E-state index is -1.08. The van der Waals surface area contributed by atoms with Crippen molar-refractivity contribution in [1.29, 1.82) is 5.26 Å². The summed E-state index contributed by atoms with van der Waals surface area (Å²) in [6.45, 7) is 2.85. The number of ether oxygens (including phenoxy) is 1. The fraction of sp³-hybridized carbons (Fsp3) is 0.444. The third-order valence-electron chi connectivity index (χ3n) is 3.81. The molecule has 1 aromatic rings. The monoisotopic (exact) mass is 363 g/mol. The van der Waals surface area contributed by atoms with Crippen LogP contribution in [0.2, 0.25) is 0 Å².